The van der Waals surface area contributed by atoms with E-state index >= 15 is 0 Å². The van der Waals surface area contributed by atoms with Gasteiger partial charge in [-0.15, -0.1) is 0 Å². The molecule has 0 radical (unpaired) electrons. The van der Waals surface area contributed by atoms with Crippen LogP contribution in [0.3, 0.4) is 0 Å². The molecule has 4 heteroatoms. The minimum atomic E-state index is -0.154. The maximum atomic E-state index is 11.5. The molecule has 0 aliphatic heterocycles. The molecule has 1 aliphatic carbocycles. The Morgan fingerprint density at radius 1 is 1.18 bits per heavy atom. The number of rotatable bonds is 2. The molecule has 0 aromatic heterocycles. The Morgan fingerprint density at radius 3 is 2.59 bits per heavy atom. The molecule has 3 nitrogen and oxygen atoms in total. The number of carbonyl (C=O) groups is 1. The van der Waals surface area contributed by atoms with Crippen LogP contribution in [0.2, 0.25) is 5.02 Å². The van der Waals surface area contributed by atoms with Crippen molar-refractivity contribution in [2.75, 3.05) is 5.06 Å². The first-order chi connectivity index (χ1) is 8.18. The smallest absolute Gasteiger partial charge is 0.187 e. The molecule has 0 saturated carbocycles. The van der Waals surface area contributed by atoms with Crippen molar-refractivity contribution < 1.29 is 10.0 Å². The number of hydrogen-bond acceptors (Lipinski definition) is 3. The molecule has 1 aliphatic rings. The van der Waals surface area contributed by atoms with E-state index in [1.807, 2.05) is 0 Å². The van der Waals surface area contributed by atoms with Crippen molar-refractivity contribution in [2.45, 2.75) is 0 Å². The molecule has 1 aromatic rings. The molecule has 86 valence electrons. The molecule has 0 saturated heterocycles. The predicted molar refractivity (Wildman–Crippen MR) is 67.1 cm³/mol. The summed E-state index contributed by atoms with van der Waals surface area (Å²) in [4.78, 5) is 11.5. The molecule has 1 N–H and O–H groups in total. The summed E-state index contributed by atoms with van der Waals surface area (Å²) in [6, 6.07) is 6.84. The summed E-state index contributed by atoms with van der Waals surface area (Å²) in [5.74, 6) is -0.154. The highest BCUT2D eigenvalue weighted by Gasteiger charge is 2.10. The molecule has 17 heavy (non-hydrogen) atoms. The van der Waals surface area contributed by atoms with E-state index in [9.17, 15) is 10.0 Å². The van der Waals surface area contributed by atoms with Crippen molar-refractivity contribution in [3.05, 3.63) is 65.4 Å². The van der Waals surface area contributed by atoms with Crippen LogP contribution in [-0.2, 0) is 4.79 Å². The lowest BCUT2D eigenvalue weighted by Gasteiger charge is -2.14. The minimum absolute atomic E-state index is 0.154. The summed E-state index contributed by atoms with van der Waals surface area (Å²) < 4.78 is 0. The number of carbonyl (C=O) groups excluding carboxylic acids is 1. The Morgan fingerprint density at radius 2 is 1.88 bits per heavy atom. The van der Waals surface area contributed by atoms with Crippen molar-refractivity contribution in [1.29, 1.82) is 0 Å². The summed E-state index contributed by atoms with van der Waals surface area (Å²) >= 11 is 5.93. The molecule has 0 amide bonds. The second-order valence-electron chi connectivity index (χ2n) is 3.46. The minimum Gasteiger partial charge on any atom is -0.289 e. The van der Waals surface area contributed by atoms with Crippen molar-refractivity contribution in [3.8, 4) is 0 Å². The van der Waals surface area contributed by atoms with Gasteiger partial charge in [0.1, 0.15) is 0 Å². The van der Waals surface area contributed by atoms with Crippen LogP contribution in [0.15, 0.2) is 60.3 Å². The van der Waals surface area contributed by atoms with E-state index in [0.29, 0.717) is 16.3 Å². The van der Waals surface area contributed by atoms with Crippen molar-refractivity contribution in [1.82, 2.24) is 0 Å². The zero-order chi connectivity index (χ0) is 12.3. The van der Waals surface area contributed by atoms with Gasteiger partial charge in [-0.1, -0.05) is 35.9 Å². The second-order valence-corrected chi connectivity index (χ2v) is 3.87. The fourth-order valence-electron chi connectivity index (χ4n) is 1.43. The fraction of sp³-hybridized carbons (Fsp3) is 0. The third kappa shape index (κ3) is 2.64. The number of hydroxylamine groups is 1. The normalized spacial score (nSPS) is 16.6. The molecule has 1 aromatic carbocycles. The highest BCUT2D eigenvalue weighted by Crippen LogP contribution is 2.24. The van der Waals surface area contributed by atoms with Gasteiger partial charge in [-0.05, 0) is 24.3 Å². The van der Waals surface area contributed by atoms with Gasteiger partial charge in [0.2, 0.25) is 0 Å². The Balaban J connectivity index is 2.28. The molecule has 2 rings (SSSR count). The molecule has 0 spiro atoms. The summed E-state index contributed by atoms with van der Waals surface area (Å²) in [6.45, 7) is 0. The molecule has 0 bridgehead atoms. The summed E-state index contributed by atoms with van der Waals surface area (Å²) in [5, 5.41) is 11.1. The van der Waals surface area contributed by atoms with Gasteiger partial charge in [0.25, 0.3) is 0 Å². The highest BCUT2D eigenvalue weighted by molar-refractivity contribution is 6.33. The van der Waals surface area contributed by atoms with Gasteiger partial charge in [0, 0.05) is 11.8 Å². The molecular formula is C13H10ClNO2. The largest absolute Gasteiger partial charge is 0.289 e. The van der Waals surface area contributed by atoms with Crippen molar-refractivity contribution in [3.63, 3.8) is 0 Å². The molecule has 0 heterocycles. The lowest BCUT2D eigenvalue weighted by molar-refractivity contribution is -0.111. The lowest BCUT2D eigenvalue weighted by atomic mass is 10.1. The number of benzene rings is 1. The van der Waals surface area contributed by atoms with E-state index in [1.54, 1.807) is 42.5 Å². The number of hydrogen-bond donors (Lipinski definition) is 1. The SMILES string of the molecule is O=C1C=CC=C/C1=C/N(O)c1ccccc1Cl. The van der Waals surface area contributed by atoms with Crippen LogP contribution in [-0.4, -0.2) is 11.0 Å². The van der Waals surface area contributed by atoms with Gasteiger partial charge in [-0.2, -0.15) is 0 Å². The molecular weight excluding hydrogens is 238 g/mol. The van der Waals surface area contributed by atoms with Gasteiger partial charge in [0.15, 0.2) is 5.78 Å². The highest BCUT2D eigenvalue weighted by atomic mass is 35.5. The van der Waals surface area contributed by atoms with Gasteiger partial charge in [0.05, 0.1) is 10.7 Å². The Labute approximate surface area is 104 Å². The maximum absolute atomic E-state index is 11.5. The standard InChI is InChI=1S/C13H10ClNO2/c14-11-6-2-3-7-12(11)15(17)9-10-5-1-4-8-13(10)16/h1-9,17H/b10-9-. The first kappa shape index (κ1) is 11.6. The maximum Gasteiger partial charge on any atom is 0.187 e. The third-order valence-electron chi connectivity index (χ3n) is 2.28. The lowest BCUT2D eigenvalue weighted by Crippen LogP contribution is -2.13. The molecule has 0 atom stereocenters. The Hall–Kier alpha value is -1.84. The van der Waals surface area contributed by atoms with Crippen molar-refractivity contribution >= 4 is 23.1 Å². The summed E-state index contributed by atoms with van der Waals surface area (Å²) in [6.07, 6.45) is 7.78. The van der Waals surface area contributed by atoms with Crippen LogP contribution in [0.1, 0.15) is 0 Å². The van der Waals surface area contributed by atoms with Gasteiger partial charge in [-0.3, -0.25) is 10.0 Å². The summed E-state index contributed by atoms with van der Waals surface area (Å²) in [7, 11) is 0. The molecule has 0 unspecified atom stereocenters. The first-order valence-electron chi connectivity index (χ1n) is 5.02. The Kier molecular flexibility index (Phi) is 3.42. The third-order valence-corrected chi connectivity index (χ3v) is 2.60. The van der Waals surface area contributed by atoms with Crippen LogP contribution >= 0.6 is 11.6 Å². The van der Waals surface area contributed by atoms with E-state index in [4.69, 9.17) is 11.6 Å². The van der Waals surface area contributed by atoms with E-state index < -0.39 is 0 Å². The zero-order valence-corrected chi connectivity index (χ0v) is 9.63. The quantitative estimate of drug-likeness (QED) is 0.645. The van der Waals surface area contributed by atoms with Gasteiger partial charge >= 0.3 is 0 Å². The van der Waals surface area contributed by atoms with Crippen LogP contribution in [0, 0.1) is 0 Å². The summed E-state index contributed by atoms with van der Waals surface area (Å²) in [5.41, 5.74) is 0.826. The van der Waals surface area contributed by atoms with E-state index in [1.165, 1.54) is 12.3 Å². The fourth-order valence-corrected chi connectivity index (χ4v) is 1.65. The average Bonchev–Trinajstić information content (AvgIpc) is 2.32. The van der Waals surface area contributed by atoms with Crippen LogP contribution < -0.4 is 5.06 Å². The van der Waals surface area contributed by atoms with Crippen LogP contribution in [0.5, 0.6) is 0 Å². The van der Waals surface area contributed by atoms with E-state index in [-0.39, 0.29) is 5.78 Å². The average molecular weight is 248 g/mol. The topological polar surface area (TPSA) is 40.5 Å². The van der Waals surface area contributed by atoms with E-state index in [2.05, 4.69) is 0 Å². The van der Waals surface area contributed by atoms with E-state index in [0.717, 1.165) is 5.06 Å². The van der Waals surface area contributed by atoms with Gasteiger partial charge < -0.3 is 0 Å². The first-order valence-corrected chi connectivity index (χ1v) is 5.40. The van der Waals surface area contributed by atoms with Gasteiger partial charge in [-0.25, -0.2) is 5.06 Å². The number of allylic oxidation sites excluding steroid dienone is 5. The van der Waals surface area contributed by atoms with Crippen molar-refractivity contribution in [2.24, 2.45) is 0 Å². The number of ketones is 1. The number of nitrogens with zero attached hydrogens (tertiary/aromatic N) is 1. The molecule has 0 fully saturated rings. The predicted octanol–water partition coefficient (Wildman–Crippen LogP) is 3.11. The zero-order valence-electron chi connectivity index (χ0n) is 8.88. The number of anilines is 1. The number of para-hydroxylation sites is 1. The van der Waals surface area contributed by atoms with Crippen LogP contribution in [0.4, 0.5) is 5.69 Å². The monoisotopic (exact) mass is 247 g/mol. The number of halogens is 1. The second kappa shape index (κ2) is 4.99. The van der Waals surface area contributed by atoms with Crippen LogP contribution in [0.25, 0.3) is 0 Å². The Bertz CT molecular complexity index is 532.